The Morgan fingerprint density at radius 3 is 2.50 bits per heavy atom. The minimum Gasteiger partial charge on any atom is -0.343 e. The highest BCUT2D eigenvalue weighted by Gasteiger charge is 2.25. The topological polar surface area (TPSA) is 20.3 Å². The first-order chi connectivity index (χ1) is 8.74. The number of rotatable bonds is 4. The fourth-order valence-corrected chi connectivity index (χ4v) is 2.69. The second kappa shape index (κ2) is 6.03. The molecule has 18 heavy (non-hydrogen) atoms. The van der Waals surface area contributed by atoms with Crippen molar-refractivity contribution in [1.29, 1.82) is 0 Å². The zero-order valence-corrected chi connectivity index (χ0v) is 11.5. The molecule has 1 aliphatic heterocycles. The number of benzene rings is 1. The van der Waals surface area contributed by atoms with E-state index >= 15 is 0 Å². The third kappa shape index (κ3) is 2.92. The van der Waals surface area contributed by atoms with Crippen molar-refractivity contribution < 1.29 is 4.79 Å². The lowest BCUT2D eigenvalue weighted by molar-refractivity contribution is -0.133. The number of nitrogens with zero attached hydrogens (tertiary/aromatic N) is 1. The number of carbonyl (C=O) groups excluding carboxylic acids is 1. The van der Waals surface area contributed by atoms with Crippen LogP contribution in [0.4, 0.5) is 0 Å². The molecule has 1 fully saturated rings. The van der Waals surface area contributed by atoms with Gasteiger partial charge in [-0.15, -0.1) is 0 Å². The number of hydrogen-bond donors (Lipinski definition) is 0. The lowest BCUT2D eigenvalue weighted by Gasteiger charge is -2.31. The van der Waals surface area contributed by atoms with E-state index in [-0.39, 0.29) is 0 Å². The van der Waals surface area contributed by atoms with Crippen LogP contribution in [0.15, 0.2) is 24.3 Å². The molecule has 0 bridgehead atoms. The maximum atomic E-state index is 12.0. The fourth-order valence-electron chi connectivity index (χ4n) is 2.69. The highest BCUT2D eigenvalue weighted by molar-refractivity contribution is 5.78. The minimum absolute atomic E-state index is 0.327. The predicted octanol–water partition coefficient (Wildman–Crippen LogP) is 3.37. The summed E-state index contributed by atoms with van der Waals surface area (Å²) in [4.78, 5) is 14.0. The number of piperidine rings is 1. The number of likely N-dealkylation sites (tertiary alicyclic amines) is 1. The molecule has 0 aliphatic carbocycles. The van der Waals surface area contributed by atoms with Gasteiger partial charge in [-0.2, -0.15) is 0 Å². The third-order valence-corrected chi connectivity index (χ3v) is 3.87. The summed E-state index contributed by atoms with van der Waals surface area (Å²) in [5.74, 6) is 0.754. The van der Waals surface area contributed by atoms with E-state index in [0.717, 1.165) is 32.4 Å². The van der Waals surface area contributed by atoms with Gasteiger partial charge in [-0.25, -0.2) is 0 Å². The van der Waals surface area contributed by atoms with Gasteiger partial charge in [-0.3, -0.25) is 4.79 Å². The summed E-state index contributed by atoms with van der Waals surface area (Å²) in [6.07, 6.45) is 3.93. The normalized spacial score (nSPS) is 20.2. The number of aryl methyl sites for hydroxylation is 1. The van der Waals surface area contributed by atoms with Crippen LogP contribution in [0, 0.1) is 0 Å². The van der Waals surface area contributed by atoms with Crippen molar-refractivity contribution in [2.24, 2.45) is 0 Å². The summed E-state index contributed by atoms with van der Waals surface area (Å²) in [5, 5.41) is 0. The van der Waals surface area contributed by atoms with Gasteiger partial charge in [-0.1, -0.05) is 38.1 Å². The molecule has 2 heteroatoms. The summed E-state index contributed by atoms with van der Waals surface area (Å²) in [6.45, 7) is 6.14. The lowest BCUT2D eigenvalue weighted by atomic mass is 9.88. The van der Waals surface area contributed by atoms with Crippen LogP contribution >= 0.6 is 0 Å². The summed E-state index contributed by atoms with van der Waals surface area (Å²) >= 11 is 0. The van der Waals surface area contributed by atoms with E-state index in [1.807, 2.05) is 4.90 Å². The van der Waals surface area contributed by atoms with Gasteiger partial charge in [0, 0.05) is 19.5 Å². The molecule has 0 radical (unpaired) electrons. The molecular formula is C16H23NO. The molecule has 0 saturated carbocycles. The molecule has 1 aromatic rings. The molecule has 0 aromatic heterocycles. The highest BCUT2D eigenvalue weighted by Crippen LogP contribution is 2.29. The lowest BCUT2D eigenvalue weighted by Crippen LogP contribution is -2.38. The van der Waals surface area contributed by atoms with Crippen LogP contribution in [-0.4, -0.2) is 23.9 Å². The average Bonchev–Trinajstić information content (AvgIpc) is 2.41. The second-order valence-corrected chi connectivity index (χ2v) is 5.17. The molecule has 98 valence electrons. The Morgan fingerprint density at radius 2 is 1.94 bits per heavy atom. The summed E-state index contributed by atoms with van der Waals surface area (Å²) in [7, 11) is 0. The monoisotopic (exact) mass is 245 g/mol. The van der Waals surface area contributed by atoms with Crippen LogP contribution in [0.5, 0.6) is 0 Å². The van der Waals surface area contributed by atoms with Crippen molar-refractivity contribution in [2.75, 3.05) is 13.1 Å². The molecule has 1 aliphatic rings. The van der Waals surface area contributed by atoms with Crippen LogP contribution in [0.1, 0.15) is 50.2 Å². The van der Waals surface area contributed by atoms with E-state index in [1.54, 1.807) is 0 Å². The zero-order chi connectivity index (χ0) is 13.0. The van der Waals surface area contributed by atoms with Crippen molar-refractivity contribution in [2.45, 2.75) is 45.4 Å². The standard InChI is InChI=1S/C16H23NO/c1-3-10-17-11-9-15(12-16(17)18)14-7-5-13(4-2)6-8-14/h5-8,15H,3-4,9-12H2,1-2H3. The van der Waals surface area contributed by atoms with Gasteiger partial charge < -0.3 is 4.90 Å². The smallest absolute Gasteiger partial charge is 0.223 e. The van der Waals surface area contributed by atoms with Gasteiger partial charge in [0.25, 0.3) is 0 Å². The third-order valence-electron chi connectivity index (χ3n) is 3.87. The fraction of sp³-hybridized carbons (Fsp3) is 0.562. The van der Waals surface area contributed by atoms with E-state index in [9.17, 15) is 4.79 Å². The Labute approximate surface area is 110 Å². The van der Waals surface area contributed by atoms with Crippen LogP contribution in [0.3, 0.4) is 0 Å². The Hall–Kier alpha value is -1.31. The maximum Gasteiger partial charge on any atom is 0.223 e. The van der Waals surface area contributed by atoms with Crippen LogP contribution in [0.25, 0.3) is 0 Å². The van der Waals surface area contributed by atoms with Crippen molar-refractivity contribution >= 4 is 5.91 Å². The van der Waals surface area contributed by atoms with E-state index in [4.69, 9.17) is 0 Å². The predicted molar refractivity (Wildman–Crippen MR) is 74.7 cm³/mol. The van der Waals surface area contributed by atoms with Gasteiger partial charge in [0.2, 0.25) is 5.91 Å². The Kier molecular flexibility index (Phi) is 4.40. The van der Waals surface area contributed by atoms with E-state index < -0.39 is 0 Å². The SMILES string of the molecule is CCCN1CCC(c2ccc(CC)cc2)CC1=O. The van der Waals surface area contributed by atoms with E-state index in [2.05, 4.69) is 38.1 Å². The van der Waals surface area contributed by atoms with Crippen molar-refractivity contribution in [3.05, 3.63) is 35.4 Å². The van der Waals surface area contributed by atoms with Crippen LogP contribution in [0.2, 0.25) is 0 Å². The molecule has 2 rings (SSSR count). The summed E-state index contributed by atoms with van der Waals surface area (Å²) in [5.41, 5.74) is 2.70. The zero-order valence-electron chi connectivity index (χ0n) is 11.5. The molecule has 0 N–H and O–H groups in total. The van der Waals surface area contributed by atoms with E-state index in [0.29, 0.717) is 18.2 Å². The Balaban J connectivity index is 2.00. The van der Waals surface area contributed by atoms with Crippen LogP contribution in [-0.2, 0) is 11.2 Å². The Bertz CT molecular complexity index is 396. The van der Waals surface area contributed by atoms with Crippen LogP contribution < -0.4 is 0 Å². The van der Waals surface area contributed by atoms with Crippen molar-refractivity contribution in [3.63, 3.8) is 0 Å². The van der Waals surface area contributed by atoms with Gasteiger partial charge >= 0.3 is 0 Å². The quantitative estimate of drug-likeness (QED) is 0.796. The molecular weight excluding hydrogens is 222 g/mol. The van der Waals surface area contributed by atoms with Gasteiger partial charge in [0.05, 0.1) is 0 Å². The molecule has 1 unspecified atom stereocenters. The summed E-state index contributed by atoms with van der Waals surface area (Å²) < 4.78 is 0. The molecule has 0 spiro atoms. The average molecular weight is 245 g/mol. The second-order valence-electron chi connectivity index (χ2n) is 5.17. The first-order valence-corrected chi connectivity index (χ1v) is 7.11. The highest BCUT2D eigenvalue weighted by atomic mass is 16.2. The first-order valence-electron chi connectivity index (χ1n) is 7.11. The van der Waals surface area contributed by atoms with Crippen molar-refractivity contribution in [3.8, 4) is 0 Å². The Morgan fingerprint density at radius 1 is 1.22 bits per heavy atom. The molecule has 1 atom stereocenters. The number of hydrogen-bond acceptors (Lipinski definition) is 1. The van der Waals surface area contributed by atoms with Gasteiger partial charge in [-0.05, 0) is 36.3 Å². The summed E-state index contributed by atoms with van der Waals surface area (Å²) in [6, 6.07) is 8.79. The maximum absolute atomic E-state index is 12.0. The molecule has 1 aromatic carbocycles. The van der Waals surface area contributed by atoms with E-state index in [1.165, 1.54) is 11.1 Å². The number of amides is 1. The molecule has 1 saturated heterocycles. The first kappa shape index (κ1) is 13.1. The largest absolute Gasteiger partial charge is 0.343 e. The van der Waals surface area contributed by atoms with Gasteiger partial charge in [0.1, 0.15) is 0 Å². The minimum atomic E-state index is 0.327. The van der Waals surface area contributed by atoms with Gasteiger partial charge in [0.15, 0.2) is 0 Å². The number of carbonyl (C=O) groups is 1. The molecule has 2 nitrogen and oxygen atoms in total. The molecule has 1 heterocycles. The molecule has 1 amide bonds. The van der Waals surface area contributed by atoms with Crippen molar-refractivity contribution in [1.82, 2.24) is 4.90 Å².